The first-order chi connectivity index (χ1) is 14.1. The zero-order chi connectivity index (χ0) is 22.3. The van der Waals surface area contributed by atoms with Crippen molar-refractivity contribution in [3.63, 3.8) is 0 Å². The van der Waals surface area contributed by atoms with E-state index in [1.54, 1.807) is 12.1 Å². The number of amides is 1. The fourth-order valence-electron chi connectivity index (χ4n) is 2.59. The molecule has 8 nitrogen and oxygen atoms in total. The summed E-state index contributed by atoms with van der Waals surface area (Å²) in [5, 5.41) is 2.53. The molecule has 0 aliphatic rings. The van der Waals surface area contributed by atoms with E-state index in [0.717, 1.165) is 12.0 Å². The number of aryl methyl sites for hydroxylation is 1. The van der Waals surface area contributed by atoms with Crippen LogP contribution in [0.5, 0.6) is 0 Å². The fourth-order valence-corrected chi connectivity index (χ4v) is 3.56. The summed E-state index contributed by atoms with van der Waals surface area (Å²) in [4.78, 5) is 35.3. The van der Waals surface area contributed by atoms with Gasteiger partial charge in [0.05, 0.1) is 4.90 Å². The number of hydrogen-bond donors (Lipinski definition) is 2. The molecule has 1 atom stereocenters. The maximum absolute atomic E-state index is 12.4. The number of carbonyl (C=O) groups excluding carboxylic acids is 3. The molecule has 2 aromatic rings. The van der Waals surface area contributed by atoms with Crippen molar-refractivity contribution in [2.75, 3.05) is 11.9 Å². The largest absolute Gasteiger partial charge is 0.453 e. The van der Waals surface area contributed by atoms with Gasteiger partial charge in [0.15, 0.2) is 6.10 Å². The van der Waals surface area contributed by atoms with E-state index in [2.05, 4.69) is 10.0 Å². The minimum absolute atomic E-state index is 0.0791. The minimum Gasteiger partial charge on any atom is -0.453 e. The first-order valence-corrected chi connectivity index (χ1v) is 10.8. The molecule has 0 saturated heterocycles. The summed E-state index contributed by atoms with van der Waals surface area (Å²) >= 11 is 0. The van der Waals surface area contributed by atoms with Crippen LogP contribution in [-0.2, 0) is 30.8 Å². The molecule has 160 valence electrons. The van der Waals surface area contributed by atoms with Gasteiger partial charge in [-0.05, 0) is 43.2 Å². The van der Waals surface area contributed by atoms with E-state index in [-0.39, 0.29) is 16.6 Å². The third-order valence-electron chi connectivity index (χ3n) is 4.22. The van der Waals surface area contributed by atoms with E-state index in [0.29, 0.717) is 11.3 Å². The number of esters is 1. The SMILES string of the molecule is CCc1ccc(C(=O)C(C)OC(=O)CNS(=O)(=O)c2ccc(NC(C)=O)cc2)cc1. The average molecular weight is 432 g/mol. The number of sulfonamides is 1. The van der Waals surface area contributed by atoms with Crippen LogP contribution in [0.25, 0.3) is 0 Å². The molecule has 0 fully saturated rings. The molecule has 0 radical (unpaired) electrons. The van der Waals surface area contributed by atoms with Gasteiger partial charge in [0.2, 0.25) is 21.7 Å². The van der Waals surface area contributed by atoms with Gasteiger partial charge in [-0.25, -0.2) is 8.42 Å². The highest BCUT2D eigenvalue weighted by Gasteiger charge is 2.21. The van der Waals surface area contributed by atoms with Gasteiger partial charge in [0, 0.05) is 18.2 Å². The minimum atomic E-state index is -3.96. The third-order valence-corrected chi connectivity index (χ3v) is 5.63. The van der Waals surface area contributed by atoms with Crippen molar-refractivity contribution < 1.29 is 27.5 Å². The smallest absolute Gasteiger partial charge is 0.321 e. The van der Waals surface area contributed by atoms with Crippen molar-refractivity contribution in [2.45, 2.75) is 38.2 Å². The van der Waals surface area contributed by atoms with Gasteiger partial charge < -0.3 is 10.1 Å². The summed E-state index contributed by atoms with van der Waals surface area (Å²) < 4.78 is 31.8. The molecule has 0 saturated carbocycles. The average Bonchev–Trinajstić information content (AvgIpc) is 2.72. The molecular formula is C21H24N2O6S. The van der Waals surface area contributed by atoms with Crippen molar-refractivity contribution in [1.29, 1.82) is 0 Å². The van der Waals surface area contributed by atoms with E-state index in [1.165, 1.54) is 38.1 Å². The van der Waals surface area contributed by atoms with Gasteiger partial charge in [-0.1, -0.05) is 31.2 Å². The second-order valence-corrected chi connectivity index (χ2v) is 8.34. The molecule has 2 N–H and O–H groups in total. The maximum Gasteiger partial charge on any atom is 0.321 e. The molecule has 2 rings (SSSR count). The molecular weight excluding hydrogens is 408 g/mol. The zero-order valence-electron chi connectivity index (χ0n) is 17.0. The van der Waals surface area contributed by atoms with E-state index < -0.39 is 28.6 Å². The van der Waals surface area contributed by atoms with Gasteiger partial charge in [0.1, 0.15) is 6.54 Å². The second-order valence-electron chi connectivity index (χ2n) is 6.58. The molecule has 0 aliphatic heterocycles. The summed E-state index contributed by atoms with van der Waals surface area (Å²) in [6.45, 7) is 4.15. The van der Waals surface area contributed by atoms with E-state index in [4.69, 9.17) is 4.74 Å². The Labute approximate surface area is 175 Å². The monoisotopic (exact) mass is 432 g/mol. The first kappa shape index (κ1) is 23.2. The van der Waals surface area contributed by atoms with Gasteiger partial charge in [0.25, 0.3) is 0 Å². The number of benzene rings is 2. The summed E-state index contributed by atoms with van der Waals surface area (Å²) in [6.07, 6.45) is -0.207. The maximum atomic E-state index is 12.4. The van der Waals surface area contributed by atoms with E-state index >= 15 is 0 Å². The van der Waals surface area contributed by atoms with Crippen molar-refractivity contribution in [2.24, 2.45) is 0 Å². The topological polar surface area (TPSA) is 119 Å². The van der Waals surface area contributed by atoms with Crippen LogP contribution in [0.1, 0.15) is 36.7 Å². The van der Waals surface area contributed by atoms with E-state index in [9.17, 15) is 22.8 Å². The summed E-state index contributed by atoms with van der Waals surface area (Å²) in [5.41, 5.74) is 1.93. The molecule has 30 heavy (non-hydrogen) atoms. The van der Waals surface area contributed by atoms with Crippen LogP contribution in [-0.4, -0.2) is 38.7 Å². The van der Waals surface area contributed by atoms with Crippen LogP contribution in [0.2, 0.25) is 0 Å². The predicted octanol–water partition coefficient (Wildman–Crippen LogP) is 2.30. The third kappa shape index (κ3) is 6.50. The Bertz CT molecular complexity index is 1010. The Hall–Kier alpha value is -3.04. The summed E-state index contributed by atoms with van der Waals surface area (Å²) in [5.74, 6) is -1.53. The molecule has 0 spiro atoms. The molecule has 1 unspecified atom stereocenters. The number of hydrogen-bond acceptors (Lipinski definition) is 6. The summed E-state index contributed by atoms with van der Waals surface area (Å²) in [7, 11) is -3.96. The van der Waals surface area contributed by atoms with Gasteiger partial charge >= 0.3 is 5.97 Å². The fraction of sp³-hybridized carbons (Fsp3) is 0.286. The molecule has 9 heteroatoms. The van der Waals surface area contributed by atoms with Crippen LogP contribution >= 0.6 is 0 Å². The number of ketones is 1. The predicted molar refractivity (Wildman–Crippen MR) is 112 cm³/mol. The normalized spacial score (nSPS) is 12.1. The Morgan fingerprint density at radius 3 is 2.13 bits per heavy atom. The lowest BCUT2D eigenvalue weighted by molar-refractivity contribution is -0.144. The Morgan fingerprint density at radius 1 is 1.00 bits per heavy atom. The summed E-state index contributed by atoms with van der Waals surface area (Å²) in [6, 6.07) is 12.4. The van der Waals surface area contributed by atoms with Crippen molar-refractivity contribution in [1.82, 2.24) is 4.72 Å². The zero-order valence-corrected chi connectivity index (χ0v) is 17.8. The standard InChI is InChI=1S/C21H24N2O6S/c1-4-16-5-7-17(8-6-16)21(26)14(2)29-20(25)13-22-30(27,28)19-11-9-18(10-12-19)23-15(3)24/h5-12,14,22H,4,13H2,1-3H3,(H,23,24). The number of Topliss-reactive ketones (excluding diaryl/α,β-unsaturated/α-hetero) is 1. The van der Waals surface area contributed by atoms with Gasteiger partial charge in [-0.3, -0.25) is 14.4 Å². The molecule has 1 amide bonds. The van der Waals surface area contributed by atoms with Crippen molar-refractivity contribution in [3.05, 3.63) is 59.7 Å². The quantitative estimate of drug-likeness (QED) is 0.464. The number of nitrogens with one attached hydrogen (secondary N) is 2. The van der Waals surface area contributed by atoms with E-state index in [1.807, 2.05) is 19.1 Å². The molecule has 0 aliphatic carbocycles. The highest BCUT2D eigenvalue weighted by Crippen LogP contribution is 2.14. The highest BCUT2D eigenvalue weighted by molar-refractivity contribution is 7.89. The van der Waals surface area contributed by atoms with Crippen LogP contribution in [0.4, 0.5) is 5.69 Å². The number of rotatable bonds is 9. The number of carbonyl (C=O) groups is 3. The molecule has 0 bridgehead atoms. The van der Waals surface area contributed by atoms with Crippen LogP contribution in [0, 0.1) is 0 Å². The number of anilines is 1. The highest BCUT2D eigenvalue weighted by atomic mass is 32.2. The number of ether oxygens (including phenoxy) is 1. The Balaban J connectivity index is 1.92. The van der Waals surface area contributed by atoms with Crippen LogP contribution < -0.4 is 10.0 Å². The lowest BCUT2D eigenvalue weighted by Gasteiger charge is -2.13. The lowest BCUT2D eigenvalue weighted by atomic mass is 10.0. The second kappa shape index (κ2) is 10.1. The molecule has 0 aromatic heterocycles. The van der Waals surface area contributed by atoms with Crippen molar-refractivity contribution >= 4 is 33.4 Å². The Kier molecular flexibility index (Phi) is 7.85. The van der Waals surface area contributed by atoms with Crippen LogP contribution in [0.3, 0.4) is 0 Å². The van der Waals surface area contributed by atoms with Crippen LogP contribution in [0.15, 0.2) is 53.4 Å². The van der Waals surface area contributed by atoms with Gasteiger partial charge in [-0.2, -0.15) is 4.72 Å². The molecule has 0 heterocycles. The Morgan fingerprint density at radius 2 is 1.60 bits per heavy atom. The first-order valence-electron chi connectivity index (χ1n) is 9.32. The van der Waals surface area contributed by atoms with Crippen molar-refractivity contribution in [3.8, 4) is 0 Å². The molecule has 2 aromatic carbocycles. The lowest BCUT2D eigenvalue weighted by Crippen LogP contribution is -2.34. The van der Waals surface area contributed by atoms with Gasteiger partial charge in [-0.15, -0.1) is 0 Å².